The molecular formula is C15H21ClF2N3O5P. The van der Waals surface area contributed by atoms with Gasteiger partial charge >= 0.3 is 13.3 Å². The number of alkyl halides is 2. The Morgan fingerprint density at radius 3 is 2.70 bits per heavy atom. The molecule has 0 amide bonds. The molecule has 0 unspecified atom stereocenters. The molecule has 3 atom stereocenters. The Kier molecular flexibility index (Phi) is 7.15. The average molecular weight is 428 g/mol. The molecule has 1 aliphatic rings. The first kappa shape index (κ1) is 22.0. The van der Waals surface area contributed by atoms with E-state index in [9.17, 15) is 18.1 Å². The predicted octanol–water partition coefficient (Wildman–Crippen LogP) is 3.14. The molecule has 152 valence electrons. The van der Waals surface area contributed by atoms with Gasteiger partial charge in [-0.25, -0.2) is 9.18 Å². The van der Waals surface area contributed by atoms with E-state index in [2.05, 4.69) is 4.98 Å². The van der Waals surface area contributed by atoms with Crippen molar-refractivity contribution in [3.05, 3.63) is 34.4 Å². The molecule has 2 N–H and O–H groups in total. The molecule has 1 saturated heterocycles. The largest absolute Gasteiger partial charge is 0.389 e. The van der Waals surface area contributed by atoms with Gasteiger partial charge < -0.3 is 19.5 Å². The van der Waals surface area contributed by atoms with Gasteiger partial charge in [-0.15, -0.1) is 11.6 Å². The van der Waals surface area contributed by atoms with Crippen LogP contribution in [0.15, 0.2) is 28.7 Å². The maximum absolute atomic E-state index is 14.7. The Morgan fingerprint density at radius 2 is 2.19 bits per heavy atom. The zero-order valence-electron chi connectivity index (χ0n) is 14.8. The lowest BCUT2D eigenvalue weighted by Crippen LogP contribution is -2.32. The maximum atomic E-state index is 14.7. The summed E-state index contributed by atoms with van der Waals surface area (Å²) in [6.45, 7) is 2.93. The maximum Gasteiger partial charge on any atom is 0.389 e. The number of halogens is 3. The van der Waals surface area contributed by atoms with Crippen LogP contribution >= 0.6 is 19.2 Å². The zero-order valence-corrected chi connectivity index (χ0v) is 16.5. The van der Waals surface area contributed by atoms with Crippen molar-refractivity contribution in [2.45, 2.75) is 38.3 Å². The van der Waals surface area contributed by atoms with E-state index < -0.39 is 36.9 Å². The second kappa shape index (κ2) is 8.79. The second-order valence-corrected chi connectivity index (χ2v) is 7.98. The number of nitrogens with zero attached hydrogens (tertiary/aromatic N) is 2. The van der Waals surface area contributed by atoms with Crippen LogP contribution in [0, 0.1) is 0 Å². The second-order valence-electron chi connectivity index (χ2n) is 5.77. The third kappa shape index (κ3) is 4.75. The fourth-order valence-electron chi connectivity index (χ4n) is 2.66. The monoisotopic (exact) mass is 427 g/mol. The Hall–Kier alpha value is -1.32. The van der Waals surface area contributed by atoms with E-state index >= 15 is 0 Å². The standard InChI is InChI=1S/C15H21ClF2N3O5P/c1-3-24-27(23,25-4-2)11(18)8-15(9-16)7-10(17)13(26-15)21-6-5-12(19)20-14(21)22/h5-6,8,10,13H,3-4,7,9H2,1-2H3,(H2,19,20,22)/b11-8-/t10-,13-,15+/m1/s1. The first-order valence-electron chi connectivity index (χ1n) is 8.21. The van der Waals surface area contributed by atoms with E-state index in [0.717, 1.165) is 10.6 Å². The lowest BCUT2D eigenvalue weighted by molar-refractivity contribution is -0.0482. The Bertz CT molecular complexity index is 798. The third-order valence-electron chi connectivity index (χ3n) is 3.80. The molecule has 0 aliphatic carbocycles. The van der Waals surface area contributed by atoms with Crippen LogP contribution in [0.4, 0.5) is 14.6 Å². The van der Waals surface area contributed by atoms with Crippen LogP contribution in [0.3, 0.4) is 0 Å². The van der Waals surface area contributed by atoms with Crippen LogP contribution in [-0.4, -0.2) is 40.4 Å². The summed E-state index contributed by atoms with van der Waals surface area (Å²) in [6.07, 6.45) is -1.45. The summed E-state index contributed by atoms with van der Waals surface area (Å²) in [5.41, 5.74) is 1.70. The molecule has 8 nitrogen and oxygen atoms in total. The highest BCUT2D eigenvalue weighted by molar-refractivity contribution is 7.58. The molecule has 1 aromatic rings. The number of ether oxygens (including phenoxy) is 1. The fraction of sp³-hybridized carbons (Fsp3) is 0.600. The van der Waals surface area contributed by atoms with E-state index in [4.69, 9.17) is 31.1 Å². The lowest BCUT2D eigenvalue weighted by Gasteiger charge is -2.25. The highest BCUT2D eigenvalue weighted by Gasteiger charge is 2.48. The molecule has 0 spiro atoms. The van der Waals surface area contributed by atoms with Crippen molar-refractivity contribution in [2.75, 3.05) is 24.8 Å². The molecule has 0 saturated carbocycles. The number of nitrogens with two attached hydrogens (primary N) is 1. The quantitative estimate of drug-likeness (QED) is 0.501. The zero-order chi connectivity index (χ0) is 20.2. The van der Waals surface area contributed by atoms with Gasteiger partial charge in [-0.2, -0.15) is 9.37 Å². The van der Waals surface area contributed by atoms with Crippen molar-refractivity contribution in [3.63, 3.8) is 0 Å². The summed E-state index contributed by atoms with van der Waals surface area (Å²) < 4.78 is 58.1. The molecule has 0 radical (unpaired) electrons. The number of hydrogen-bond acceptors (Lipinski definition) is 7. The van der Waals surface area contributed by atoms with Gasteiger partial charge in [0.25, 0.3) is 0 Å². The van der Waals surface area contributed by atoms with Crippen LogP contribution in [0.2, 0.25) is 0 Å². The van der Waals surface area contributed by atoms with E-state index in [1.54, 1.807) is 0 Å². The predicted molar refractivity (Wildman–Crippen MR) is 96.0 cm³/mol. The van der Waals surface area contributed by atoms with Crippen LogP contribution in [0.25, 0.3) is 0 Å². The summed E-state index contributed by atoms with van der Waals surface area (Å²) >= 11 is 5.90. The minimum absolute atomic E-state index is 0.0337. The Labute approximate surface area is 159 Å². The van der Waals surface area contributed by atoms with Crippen LogP contribution in [0.5, 0.6) is 0 Å². The number of rotatable bonds is 8. The van der Waals surface area contributed by atoms with Crippen LogP contribution < -0.4 is 11.4 Å². The summed E-state index contributed by atoms with van der Waals surface area (Å²) in [5.74, 6) is -0.388. The molecule has 0 aromatic carbocycles. The normalized spacial score (nSPS) is 26.5. The molecule has 27 heavy (non-hydrogen) atoms. The molecular weight excluding hydrogens is 407 g/mol. The van der Waals surface area contributed by atoms with E-state index in [-0.39, 0.29) is 31.3 Å². The smallest absolute Gasteiger partial charge is 0.383 e. The summed E-state index contributed by atoms with van der Waals surface area (Å²) in [5, 5.41) is 0. The minimum atomic E-state index is -4.21. The third-order valence-corrected chi connectivity index (χ3v) is 6.10. The lowest BCUT2D eigenvalue weighted by atomic mass is 10.0. The Morgan fingerprint density at radius 1 is 1.56 bits per heavy atom. The van der Waals surface area contributed by atoms with Gasteiger partial charge in [-0.05, 0) is 26.0 Å². The van der Waals surface area contributed by atoms with E-state index in [1.807, 2.05) is 0 Å². The molecule has 12 heteroatoms. The van der Waals surface area contributed by atoms with Gasteiger partial charge in [0, 0.05) is 12.6 Å². The molecule has 1 fully saturated rings. The topological polar surface area (TPSA) is 106 Å². The molecule has 1 aliphatic heterocycles. The molecule has 2 heterocycles. The molecule has 1 aromatic heterocycles. The van der Waals surface area contributed by atoms with Gasteiger partial charge in [0.15, 0.2) is 6.23 Å². The van der Waals surface area contributed by atoms with Crippen LogP contribution in [-0.2, 0) is 18.3 Å². The van der Waals surface area contributed by atoms with Gasteiger partial charge in [0.1, 0.15) is 17.6 Å². The van der Waals surface area contributed by atoms with Gasteiger partial charge in [0.05, 0.1) is 19.1 Å². The SMILES string of the molecule is CCOP(=O)(OCC)/C(F)=C\[C@]1(CCl)C[C@@H](F)[C@H](n2ccc(N)nc2=O)O1. The van der Waals surface area contributed by atoms with Crippen molar-refractivity contribution in [2.24, 2.45) is 0 Å². The van der Waals surface area contributed by atoms with E-state index in [1.165, 1.54) is 26.1 Å². The summed E-state index contributed by atoms with van der Waals surface area (Å²) in [7, 11) is -4.21. The van der Waals surface area contributed by atoms with Gasteiger partial charge in [0.2, 0.25) is 5.57 Å². The first-order chi connectivity index (χ1) is 12.7. The highest BCUT2D eigenvalue weighted by atomic mass is 35.5. The van der Waals surface area contributed by atoms with Crippen molar-refractivity contribution in [1.29, 1.82) is 0 Å². The van der Waals surface area contributed by atoms with Crippen molar-refractivity contribution in [3.8, 4) is 0 Å². The number of nitrogen functional groups attached to an aromatic ring is 1. The van der Waals surface area contributed by atoms with Crippen molar-refractivity contribution >= 4 is 25.0 Å². The first-order valence-corrected chi connectivity index (χ1v) is 10.3. The molecule has 2 rings (SSSR count). The number of hydrogen-bond donors (Lipinski definition) is 1. The van der Waals surface area contributed by atoms with Gasteiger partial charge in [-0.1, -0.05) is 0 Å². The number of anilines is 1. The fourth-order valence-corrected chi connectivity index (χ4v) is 4.30. The summed E-state index contributed by atoms with van der Waals surface area (Å²) in [6, 6.07) is 1.30. The van der Waals surface area contributed by atoms with Gasteiger partial charge in [-0.3, -0.25) is 9.13 Å². The Balaban J connectivity index is 2.37. The number of aromatic nitrogens is 2. The highest BCUT2D eigenvalue weighted by Crippen LogP contribution is 2.58. The average Bonchev–Trinajstić information content (AvgIpc) is 2.92. The molecule has 0 bridgehead atoms. The summed E-state index contributed by atoms with van der Waals surface area (Å²) in [4.78, 5) is 15.4. The van der Waals surface area contributed by atoms with Crippen molar-refractivity contribution < 1.29 is 27.1 Å². The van der Waals surface area contributed by atoms with E-state index in [0.29, 0.717) is 0 Å². The van der Waals surface area contributed by atoms with Crippen molar-refractivity contribution in [1.82, 2.24) is 9.55 Å². The van der Waals surface area contributed by atoms with Crippen LogP contribution in [0.1, 0.15) is 26.5 Å². The minimum Gasteiger partial charge on any atom is -0.383 e.